The van der Waals surface area contributed by atoms with Gasteiger partial charge in [0, 0.05) is 0 Å². The summed E-state index contributed by atoms with van der Waals surface area (Å²) in [6.07, 6.45) is -11.4. The summed E-state index contributed by atoms with van der Waals surface area (Å²) in [5.74, 6) is -3.99. The molecule has 0 aromatic rings. The minimum absolute atomic E-state index is 0.141. The van der Waals surface area contributed by atoms with E-state index in [2.05, 4.69) is 0 Å². The van der Waals surface area contributed by atoms with Gasteiger partial charge in [-0.2, -0.15) is 26.3 Å². The summed E-state index contributed by atoms with van der Waals surface area (Å²) in [7, 11) is 0. The Morgan fingerprint density at radius 2 is 1.55 bits per heavy atom. The number of ketones is 1. The second kappa shape index (κ2) is 4.47. The van der Waals surface area contributed by atoms with Crippen LogP contribution in [0.3, 0.4) is 0 Å². The second-order valence-corrected chi connectivity index (χ2v) is 5.75. The molecule has 1 aliphatic carbocycles. The van der Waals surface area contributed by atoms with Gasteiger partial charge in [-0.25, -0.2) is 0 Å². The van der Waals surface area contributed by atoms with Gasteiger partial charge >= 0.3 is 12.4 Å². The second-order valence-electron chi connectivity index (χ2n) is 5.75. The van der Waals surface area contributed by atoms with Gasteiger partial charge in [-0.05, 0) is 24.8 Å². The van der Waals surface area contributed by atoms with Gasteiger partial charge in [-0.15, -0.1) is 0 Å². The van der Waals surface area contributed by atoms with Gasteiger partial charge < -0.3 is 5.11 Å². The van der Waals surface area contributed by atoms with Crippen LogP contribution < -0.4 is 0 Å². The summed E-state index contributed by atoms with van der Waals surface area (Å²) >= 11 is 0. The molecule has 116 valence electrons. The van der Waals surface area contributed by atoms with E-state index in [1.54, 1.807) is 0 Å². The van der Waals surface area contributed by atoms with Crippen molar-refractivity contribution in [1.29, 1.82) is 0 Å². The molecule has 1 atom stereocenters. The molecule has 0 fully saturated rings. The summed E-state index contributed by atoms with van der Waals surface area (Å²) in [6.45, 7) is 3.65. The lowest BCUT2D eigenvalue weighted by Crippen LogP contribution is -2.67. The monoisotopic (exact) mass is 304 g/mol. The predicted molar refractivity (Wildman–Crippen MR) is 57.7 cm³/mol. The Morgan fingerprint density at radius 3 is 1.85 bits per heavy atom. The molecule has 20 heavy (non-hydrogen) atoms. The summed E-state index contributed by atoms with van der Waals surface area (Å²) in [5, 5.41) is 9.40. The molecule has 0 unspecified atom stereocenters. The maximum absolute atomic E-state index is 12.9. The van der Waals surface area contributed by atoms with Crippen LogP contribution in [0.1, 0.15) is 27.2 Å². The van der Waals surface area contributed by atoms with Crippen LogP contribution in [0.25, 0.3) is 0 Å². The van der Waals surface area contributed by atoms with Gasteiger partial charge in [0.15, 0.2) is 5.78 Å². The third kappa shape index (κ3) is 2.45. The molecular formula is C12H14F6O2. The van der Waals surface area contributed by atoms with Crippen LogP contribution in [0.4, 0.5) is 26.3 Å². The van der Waals surface area contributed by atoms with Gasteiger partial charge in [-0.3, -0.25) is 4.79 Å². The largest absolute Gasteiger partial charge is 0.427 e. The average molecular weight is 304 g/mol. The van der Waals surface area contributed by atoms with Crippen LogP contribution in [0.15, 0.2) is 11.6 Å². The Hall–Kier alpha value is -1.05. The number of hydrogen-bond acceptors (Lipinski definition) is 2. The Morgan fingerprint density at radius 1 is 1.15 bits per heavy atom. The molecule has 2 nitrogen and oxygen atoms in total. The third-order valence-electron chi connectivity index (χ3n) is 3.47. The molecule has 1 aliphatic rings. The van der Waals surface area contributed by atoms with Crippen LogP contribution >= 0.6 is 0 Å². The van der Waals surface area contributed by atoms with Gasteiger partial charge in [-0.1, -0.05) is 19.4 Å². The smallest absolute Gasteiger partial charge is 0.373 e. The molecule has 0 aromatic carbocycles. The molecule has 0 aliphatic heterocycles. The molecule has 0 aromatic heterocycles. The quantitative estimate of drug-likeness (QED) is 0.754. The molecule has 0 heterocycles. The first kappa shape index (κ1) is 17.0. The van der Waals surface area contributed by atoms with E-state index in [0.29, 0.717) is 5.57 Å². The van der Waals surface area contributed by atoms with Crippen molar-refractivity contribution in [3.8, 4) is 0 Å². The van der Waals surface area contributed by atoms with Gasteiger partial charge in [0.2, 0.25) is 0 Å². The van der Waals surface area contributed by atoms with Crippen molar-refractivity contribution in [2.45, 2.75) is 45.1 Å². The van der Waals surface area contributed by atoms with Crippen molar-refractivity contribution in [2.24, 2.45) is 11.3 Å². The lowest BCUT2D eigenvalue weighted by atomic mass is 9.61. The van der Waals surface area contributed by atoms with Crippen LogP contribution in [-0.4, -0.2) is 28.8 Å². The minimum Gasteiger partial charge on any atom is -0.373 e. The lowest BCUT2D eigenvalue weighted by molar-refractivity contribution is -0.388. The fraction of sp³-hybridized carbons (Fsp3) is 0.750. The SMILES string of the molecule is CC1=CC(=O)[C@@H](C(O)(C(F)(F)F)C(F)(F)F)C(C)(C)C1. The topological polar surface area (TPSA) is 37.3 Å². The highest BCUT2D eigenvalue weighted by Gasteiger charge is 2.77. The van der Waals surface area contributed by atoms with E-state index in [9.17, 15) is 36.2 Å². The van der Waals surface area contributed by atoms with E-state index < -0.39 is 35.1 Å². The first-order chi connectivity index (χ1) is 8.64. The predicted octanol–water partition coefficient (Wildman–Crippen LogP) is 3.40. The maximum Gasteiger partial charge on any atom is 0.427 e. The summed E-state index contributed by atoms with van der Waals surface area (Å²) in [5.41, 5.74) is -6.35. The molecule has 0 bridgehead atoms. The van der Waals surface area contributed by atoms with E-state index in [1.165, 1.54) is 6.92 Å². The van der Waals surface area contributed by atoms with E-state index >= 15 is 0 Å². The molecule has 0 spiro atoms. The van der Waals surface area contributed by atoms with Crippen molar-refractivity contribution in [2.75, 3.05) is 0 Å². The molecule has 0 saturated heterocycles. The summed E-state index contributed by atoms with van der Waals surface area (Å²) < 4.78 is 77.1. The van der Waals surface area contributed by atoms with Crippen molar-refractivity contribution in [1.82, 2.24) is 0 Å². The molecule has 0 saturated carbocycles. The number of allylic oxidation sites excluding steroid dienone is 2. The molecule has 0 amide bonds. The number of aliphatic hydroxyl groups is 1. The highest BCUT2D eigenvalue weighted by atomic mass is 19.4. The van der Waals surface area contributed by atoms with Crippen molar-refractivity contribution in [3.63, 3.8) is 0 Å². The molecule has 1 rings (SSSR count). The first-order valence-corrected chi connectivity index (χ1v) is 5.71. The van der Waals surface area contributed by atoms with Gasteiger partial charge in [0.05, 0.1) is 5.92 Å². The number of alkyl halides is 6. The fourth-order valence-electron chi connectivity index (χ4n) is 2.84. The van der Waals surface area contributed by atoms with Gasteiger partial charge in [0.1, 0.15) is 0 Å². The zero-order valence-corrected chi connectivity index (χ0v) is 11.0. The van der Waals surface area contributed by atoms with Crippen molar-refractivity contribution < 1.29 is 36.2 Å². The Bertz CT molecular complexity index is 430. The Balaban J connectivity index is 3.54. The summed E-state index contributed by atoms with van der Waals surface area (Å²) in [4.78, 5) is 11.7. The highest BCUT2D eigenvalue weighted by Crippen LogP contribution is 2.55. The fourth-order valence-corrected chi connectivity index (χ4v) is 2.84. The first-order valence-electron chi connectivity index (χ1n) is 5.71. The molecule has 8 heteroatoms. The standard InChI is InChI=1S/C12H14F6O2/c1-6-4-7(19)8(9(2,3)5-6)10(20,11(13,14)15)12(16,17)18/h4,8,20H,5H2,1-3H3/t8-/m1/s1. The van der Waals surface area contributed by atoms with Crippen molar-refractivity contribution in [3.05, 3.63) is 11.6 Å². The normalized spacial score (nSPS) is 24.6. The van der Waals surface area contributed by atoms with E-state index in [-0.39, 0.29) is 6.42 Å². The zero-order valence-electron chi connectivity index (χ0n) is 11.0. The Kier molecular flexibility index (Phi) is 3.80. The zero-order chi connectivity index (χ0) is 16.1. The lowest BCUT2D eigenvalue weighted by Gasteiger charge is -2.46. The van der Waals surface area contributed by atoms with Crippen LogP contribution in [0.5, 0.6) is 0 Å². The number of carbonyl (C=O) groups excluding carboxylic acids is 1. The van der Waals surface area contributed by atoms with Crippen LogP contribution in [0.2, 0.25) is 0 Å². The van der Waals surface area contributed by atoms with E-state index in [1.807, 2.05) is 0 Å². The molecule has 0 radical (unpaired) electrons. The number of carbonyl (C=O) groups is 1. The van der Waals surface area contributed by atoms with E-state index in [4.69, 9.17) is 0 Å². The van der Waals surface area contributed by atoms with Gasteiger partial charge in [0.25, 0.3) is 5.60 Å². The minimum atomic E-state index is -6.00. The number of rotatable bonds is 1. The summed E-state index contributed by atoms with van der Waals surface area (Å²) in [6, 6.07) is 0. The van der Waals surface area contributed by atoms with Crippen molar-refractivity contribution >= 4 is 5.78 Å². The molecular weight excluding hydrogens is 290 g/mol. The van der Waals surface area contributed by atoms with Crippen LogP contribution in [0, 0.1) is 11.3 Å². The Labute approximate surface area is 111 Å². The molecule has 1 N–H and O–H groups in total. The van der Waals surface area contributed by atoms with E-state index in [0.717, 1.165) is 19.9 Å². The average Bonchev–Trinajstić information content (AvgIpc) is 2.09. The third-order valence-corrected chi connectivity index (χ3v) is 3.47. The maximum atomic E-state index is 12.9. The highest BCUT2D eigenvalue weighted by molar-refractivity contribution is 5.95. The number of halogens is 6. The number of hydrogen-bond donors (Lipinski definition) is 1. The van der Waals surface area contributed by atoms with Crippen LogP contribution in [-0.2, 0) is 4.79 Å².